The van der Waals surface area contributed by atoms with Crippen molar-refractivity contribution in [3.05, 3.63) is 27.5 Å². The van der Waals surface area contributed by atoms with Gasteiger partial charge in [-0.3, -0.25) is 0 Å². The van der Waals surface area contributed by atoms with Crippen LogP contribution in [0.25, 0.3) is 0 Å². The Kier molecular flexibility index (Phi) is 4.31. The van der Waals surface area contributed by atoms with Gasteiger partial charge in [-0.2, -0.15) is 0 Å². The number of esters is 1. The number of hydrogen-bond donors (Lipinski definition) is 1. The van der Waals surface area contributed by atoms with E-state index in [0.717, 1.165) is 13.3 Å². The molecule has 0 radical (unpaired) electrons. The minimum atomic E-state index is -2.81. The van der Waals surface area contributed by atoms with Crippen molar-refractivity contribution in [2.24, 2.45) is 5.73 Å². The van der Waals surface area contributed by atoms with E-state index in [2.05, 4.69) is 25.7 Å². The van der Waals surface area contributed by atoms with Gasteiger partial charge in [-0.25, -0.2) is 18.6 Å². The first-order chi connectivity index (χ1) is 7.52. The lowest BCUT2D eigenvalue weighted by Crippen LogP contribution is -2.14. The second kappa shape index (κ2) is 5.31. The van der Waals surface area contributed by atoms with E-state index in [9.17, 15) is 13.6 Å². The van der Waals surface area contributed by atoms with Crippen LogP contribution in [0.2, 0.25) is 0 Å². The Labute approximate surface area is 98.9 Å². The number of alkyl halides is 2. The smallest absolute Gasteiger partial charge is 0.338 e. The first-order valence-electron chi connectivity index (χ1n) is 4.26. The van der Waals surface area contributed by atoms with Crippen molar-refractivity contribution in [3.63, 3.8) is 0 Å². The lowest BCUT2D eigenvalue weighted by atomic mass is 10.0. The van der Waals surface area contributed by atoms with Crippen LogP contribution in [-0.4, -0.2) is 18.1 Å². The molecule has 0 atom stereocenters. The van der Waals surface area contributed by atoms with Gasteiger partial charge in [-0.1, -0.05) is 0 Å². The molecule has 88 valence electrons. The molecule has 0 saturated carbocycles. The number of methoxy groups -OCH3 is 1. The lowest BCUT2D eigenvalue weighted by Gasteiger charge is -2.12. The van der Waals surface area contributed by atoms with Crippen molar-refractivity contribution in [2.75, 3.05) is 7.11 Å². The predicted octanol–water partition coefficient (Wildman–Crippen LogP) is 2.03. The third kappa shape index (κ3) is 2.35. The molecule has 0 bridgehead atoms. The average molecular weight is 295 g/mol. The number of carbonyl (C=O) groups excluding carboxylic acids is 1. The van der Waals surface area contributed by atoms with Crippen molar-refractivity contribution in [3.8, 4) is 0 Å². The Balaban J connectivity index is 3.47. The first kappa shape index (κ1) is 13.0. The minimum absolute atomic E-state index is 0.0847. The van der Waals surface area contributed by atoms with Gasteiger partial charge in [-0.05, 0) is 15.9 Å². The molecule has 0 fully saturated rings. The lowest BCUT2D eigenvalue weighted by molar-refractivity contribution is 0.0587. The SMILES string of the molecule is COC(=O)c1c(C(F)F)cnc(Br)c1CN. The summed E-state index contributed by atoms with van der Waals surface area (Å²) in [5, 5.41) is 0. The molecular weight excluding hydrogens is 286 g/mol. The van der Waals surface area contributed by atoms with Crippen LogP contribution in [0.15, 0.2) is 10.8 Å². The van der Waals surface area contributed by atoms with Crippen molar-refractivity contribution < 1.29 is 18.3 Å². The van der Waals surface area contributed by atoms with Crippen LogP contribution in [0.5, 0.6) is 0 Å². The van der Waals surface area contributed by atoms with Gasteiger partial charge in [0.15, 0.2) is 0 Å². The summed E-state index contributed by atoms with van der Waals surface area (Å²) in [5.41, 5.74) is 4.91. The fourth-order valence-electron chi connectivity index (χ4n) is 1.24. The van der Waals surface area contributed by atoms with Crippen LogP contribution in [0, 0.1) is 0 Å². The number of aromatic nitrogens is 1. The van der Waals surface area contributed by atoms with E-state index < -0.39 is 18.0 Å². The summed E-state index contributed by atoms with van der Waals surface area (Å²) < 4.78 is 30.0. The molecule has 0 aliphatic carbocycles. The maximum absolute atomic E-state index is 12.7. The summed E-state index contributed by atoms with van der Waals surface area (Å²) >= 11 is 3.04. The molecule has 2 N–H and O–H groups in total. The fraction of sp³-hybridized carbons (Fsp3) is 0.333. The maximum Gasteiger partial charge on any atom is 0.338 e. The van der Waals surface area contributed by atoms with E-state index in [1.165, 1.54) is 0 Å². The second-order valence-electron chi connectivity index (χ2n) is 2.85. The highest BCUT2D eigenvalue weighted by molar-refractivity contribution is 9.10. The largest absolute Gasteiger partial charge is 0.465 e. The van der Waals surface area contributed by atoms with Crippen molar-refractivity contribution >= 4 is 21.9 Å². The highest BCUT2D eigenvalue weighted by Crippen LogP contribution is 2.28. The summed E-state index contributed by atoms with van der Waals surface area (Å²) in [5.74, 6) is -0.848. The molecule has 4 nitrogen and oxygen atoms in total. The van der Waals surface area contributed by atoms with Gasteiger partial charge in [-0.15, -0.1) is 0 Å². The van der Waals surface area contributed by atoms with Gasteiger partial charge in [0.2, 0.25) is 0 Å². The van der Waals surface area contributed by atoms with E-state index in [-0.39, 0.29) is 22.3 Å². The second-order valence-corrected chi connectivity index (χ2v) is 3.61. The molecule has 0 aliphatic rings. The summed E-state index contributed by atoms with van der Waals surface area (Å²) in [6.45, 7) is -0.0847. The van der Waals surface area contributed by atoms with Crippen LogP contribution in [0.3, 0.4) is 0 Å². The molecule has 1 aromatic rings. The first-order valence-corrected chi connectivity index (χ1v) is 5.06. The summed E-state index contributed by atoms with van der Waals surface area (Å²) in [7, 11) is 1.12. The number of nitrogens with zero attached hydrogens (tertiary/aromatic N) is 1. The number of halogens is 3. The minimum Gasteiger partial charge on any atom is -0.465 e. The van der Waals surface area contributed by atoms with E-state index in [4.69, 9.17) is 5.73 Å². The number of pyridine rings is 1. The normalized spacial score (nSPS) is 10.6. The van der Waals surface area contributed by atoms with Gasteiger partial charge >= 0.3 is 5.97 Å². The fourth-order valence-corrected chi connectivity index (χ4v) is 1.70. The Morgan fingerprint density at radius 1 is 1.69 bits per heavy atom. The number of nitrogens with two attached hydrogens (primary N) is 1. The molecule has 1 heterocycles. The maximum atomic E-state index is 12.7. The zero-order valence-corrected chi connectivity index (χ0v) is 9.92. The monoisotopic (exact) mass is 294 g/mol. The molecule has 0 spiro atoms. The van der Waals surface area contributed by atoms with Crippen LogP contribution < -0.4 is 5.73 Å². The highest BCUT2D eigenvalue weighted by atomic mass is 79.9. The molecule has 1 rings (SSSR count). The van der Waals surface area contributed by atoms with Gasteiger partial charge in [0.1, 0.15) is 4.60 Å². The molecule has 0 unspecified atom stereocenters. The molecule has 0 aliphatic heterocycles. The van der Waals surface area contributed by atoms with Gasteiger partial charge in [0.25, 0.3) is 6.43 Å². The van der Waals surface area contributed by atoms with Crippen molar-refractivity contribution in [1.29, 1.82) is 0 Å². The van der Waals surface area contributed by atoms with E-state index >= 15 is 0 Å². The van der Waals surface area contributed by atoms with E-state index in [0.29, 0.717) is 0 Å². The average Bonchev–Trinajstić information content (AvgIpc) is 2.27. The van der Waals surface area contributed by atoms with Crippen molar-refractivity contribution in [2.45, 2.75) is 13.0 Å². The Morgan fingerprint density at radius 2 is 2.31 bits per heavy atom. The van der Waals surface area contributed by atoms with Crippen molar-refractivity contribution in [1.82, 2.24) is 4.98 Å². The zero-order valence-electron chi connectivity index (χ0n) is 8.34. The van der Waals surface area contributed by atoms with Crippen LogP contribution in [0.4, 0.5) is 8.78 Å². The molecule has 0 aromatic carbocycles. The number of carbonyl (C=O) groups is 1. The standard InChI is InChI=1S/C9H9BrF2N2O2/c1-16-9(15)6-4(2-13)7(10)14-3-5(6)8(11)12/h3,8H,2,13H2,1H3. The third-order valence-electron chi connectivity index (χ3n) is 1.99. The molecule has 0 saturated heterocycles. The molecule has 7 heteroatoms. The summed E-state index contributed by atoms with van der Waals surface area (Å²) in [6.07, 6.45) is -1.87. The number of ether oxygens (including phenoxy) is 1. The quantitative estimate of drug-likeness (QED) is 0.684. The summed E-state index contributed by atoms with van der Waals surface area (Å²) in [6, 6.07) is 0. The van der Waals surface area contributed by atoms with Crippen LogP contribution in [0.1, 0.15) is 27.9 Å². The van der Waals surface area contributed by atoms with Crippen LogP contribution >= 0.6 is 15.9 Å². The Bertz CT molecular complexity index is 413. The van der Waals surface area contributed by atoms with Gasteiger partial charge in [0.05, 0.1) is 18.2 Å². The Hall–Kier alpha value is -1.08. The molecule has 16 heavy (non-hydrogen) atoms. The Morgan fingerprint density at radius 3 is 2.75 bits per heavy atom. The van der Waals surface area contributed by atoms with E-state index in [1.807, 2.05) is 0 Å². The number of rotatable bonds is 3. The topological polar surface area (TPSA) is 65.2 Å². The van der Waals surface area contributed by atoms with E-state index in [1.54, 1.807) is 0 Å². The molecular formula is C9H9BrF2N2O2. The molecule has 1 aromatic heterocycles. The van der Waals surface area contributed by atoms with Gasteiger partial charge < -0.3 is 10.5 Å². The number of hydrogen-bond acceptors (Lipinski definition) is 4. The molecule has 0 amide bonds. The highest BCUT2D eigenvalue weighted by Gasteiger charge is 2.24. The zero-order chi connectivity index (χ0) is 12.3. The predicted molar refractivity (Wildman–Crippen MR) is 56.1 cm³/mol. The van der Waals surface area contributed by atoms with Gasteiger partial charge in [0, 0.05) is 18.3 Å². The van der Waals surface area contributed by atoms with Crippen LogP contribution in [-0.2, 0) is 11.3 Å². The summed E-state index contributed by atoms with van der Waals surface area (Å²) in [4.78, 5) is 15.1. The third-order valence-corrected chi connectivity index (χ3v) is 2.67.